The summed E-state index contributed by atoms with van der Waals surface area (Å²) in [4.78, 5) is 5.85. The van der Waals surface area contributed by atoms with E-state index >= 15 is 0 Å². The van der Waals surface area contributed by atoms with Crippen LogP contribution in [0.1, 0.15) is 11.3 Å². The van der Waals surface area contributed by atoms with E-state index in [1.165, 1.54) is 0 Å². The van der Waals surface area contributed by atoms with Crippen LogP contribution in [0.2, 0.25) is 0 Å². The number of hydrogen-bond donors (Lipinski definition) is 0. The van der Waals surface area contributed by atoms with Gasteiger partial charge < -0.3 is 0 Å². The van der Waals surface area contributed by atoms with Gasteiger partial charge in [0.25, 0.3) is 0 Å². The second-order valence-corrected chi connectivity index (χ2v) is 3.56. The highest BCUT2D eigenvalue weighted by Crippen LogP contribution is 2.37. The van der Waals surface area contributed by atoms with E-state index in [1.807, 2.05) is 0 Å². The fourth-order valence-corrected chi connectivity index (χ4v) is 1.46. The van der Waals surface area contributed by atoms with Crippen molar-refractivity contribution < 1.29 is 30.7 Å². The summed E-state index contributed by atoms with van der Waals surface area (Å²) in [5.41, 5.74) is -4.27. The van der Waals surface area contributed by atoms with Crippen molar-refractivity contribution in [2.75, 3.05) is 0 Å². The van der Waals surface area contributed by atoms with Gasteiger partial charge in [-0.1, -0.05) is 0 Å². The molecule has 0 spiro atoms. The highest BCUT2D eigenvalue weighted by molar-refractivity contribution is 5.79. The molecule has 0 aliphatic carbocycles. The fraction of sp³-hybridized carbons (Fsp3) is 0.200. The van der Waals surface area contributed by atoms with Crippen LogP contribution in [0.15, 0.2) is 18.2 Å². The molecule has 0 atom stereocenters. The van der Waals surface area contributed by atoms with Crippen molar-refractivity contribution in [3.05, 3.63) is 35.4 Å². The van der Waals surface area contributed by atoms with Crippen LogP contribution in [-0.2, 0) is 12.4 Å². The van der Waals surface area contributed by atoms with Crippen LogP contribution in [0.3, 0.4) is 0 Å². The third-order valence-electron chi connectivity index (χ3n) is 2.23. The van der Waals surface area contributed by atoms with Crippen molar-refractivity contribution in [3.63, 3.8) is 0 Å². The Bertz CT molecular complexity index is 630. The van der Waals surface area contributed by atoms with E-state index in [4.69, 9.17) is 0 Å². The number of aromatic nitrogens is 2. The molecule has 0 amide bonds. The molecule has 2 rings (SSSR count). The molecule has 0 radical (unpaired) electrons. The normalized spacial score (nSPS) is 13.0. The summed E-state index contributed by atoms with van der Waals surface area (Å²) in [5, 5.41) is -0.693. The Balaban J connectivity index is 2.84. The number of nitrogens with zero attached hydrogens (tertiary/aromatic N) is 2. The second kappa shape index (κ2) is 4.04. The summed E-state index contributed by atoms with van der Waals surface area (Å²) in [5.74, 6) is -1.22. The Morgan fingerprint density at radius 1 is 0.842 bits per heavy atom. The minimum Gasteiger partial charge on any atom is -0.223 e. The first-order chi connectivity index (χ1) is 8.59. The number of rotatable bonds is 0. The molecule has 0 bridgehead atoms. The van der Waals surface area contributed by atoms with Crippen LogP contribution in [0.4, 0.5) is 30.7 Å². The summed E-state index contributed by atoms with van der Waals surface area (Å²) < 4.78 is 88.1. The molecule has 0 fully saturated rings. The van der Waals surface area contributed by atoms with Crippen LogP contribution in [-0.4, -0.2) is 9.97 Å². The standard InChI is InChI=1S/C10H3F7N2/c11-7-2-1-4-5(9(12,13)14)3-6(10(15,16)17)18-8(4)19-7/h1-3H. The molecule has 9 heteroatoms. The molecule has 2 nitrogen and oxygen atoms in total. The van der Waals surface area contributed by atoms with E-state index < -0.39 is 40.6 Å². The second-order valence-electron chi connectivity index (χ2n) is 3.56. The van der Waals surface area contributed by atoms with Gasteiger partial charge in [-0.3, -0.25) is 0 Å². The van der Waals surface area contributed by atoms with Gasteiger partial charge in [0.1, 0.15) is 5.69 Å². The van der Waals surface area contributed by atoms with Gasteiger partial charge in [0.05, 0.1) is 5.56 Å². The van der Waals surface area contributed by atoms with Crippen molar-refractivity contribution in [1.82, 2.24) is 9.97 Å². The first-order valence-corrected chi connectivity index (χ1v) is 4.71. The predicted octanol–water partition coefficient (Wildman–Crippen LogP) is 3.81. The molecule has 0 aromatic carbocycles. The largest absolute Gasteiger partial charge is 0.433 e. The molecular weight excluding hydrogens is 281 g/mol. The van der Waals surface area contributed by atoms with Gasteiger partial charge in [-0.25, -0.2) is 4.98 Å². The predicted molar refractivity (Wildman–Crippen MR) is 49.5 cm³/mol. The van der Waals surface area contributed by atoms with Crippen LogP contribution in [0.5, 0.6) is 0 Å². The Kier molecular flexibility index (Phi) is 2.87. The Hall–Kier alpha value is -1.93. The van der Waals surface area contributed by atoms with Gasteiger partial charge in [0, 0.05) is 5.39 Å². The summed E-state index contributed by atoms with van der Waals surface area (Å²) in [6.07, 6.45) is -10.1. The Morgan fingerprint density at radius 2 is 1.47 bits per heavy atom. The minimum atomic E-state index is -5.08. The zero-order valence-electron chi connectivity index (χ0n) is 8.77. The van der Waals surface area contributed by atoms with Gasteiger partial charge in [-0.2, -0.15) is 35.7 Å². The van der Waals surface area contributed by atoms with Crippen LogP contribution in [0, 0.1) is 5.95 Å². The smallest absolute Gasteiger partial charge is 0.223 e. The summed E-state index contributed by atoms with van der Waals surface area (Å²) >= 11 is 0. The van der Waals surface area contributed by atoms with Crippen molar-refractivity contribution in [3.8, 4) is 0 Å². The maximum atomic E-state index is 12.8. The van der Waals surface area contributed by atoms with Crippen molar-refractivity contribution >= 4 is 11.0 Å². The van der Waals surface area contributed by atoms with Gasteiger partial charge >= 0.3 is 12.4 Å². The number of fused-ring (bicyclic) bond motifs is 1. The number of pyridine rings is 2. The lowest BCUT2D eigenvalue weighted by Crippen LogP contribution is -2.14. The molecule has 2 heterocycles. The summed E-state index contributed by atoms with van der Waals surface area (Å²) in [7, 11) is 0. The summed E-state index contributed by atoms with van der Waals surface area (Å²) in [6.45, 7) is 0. The number of alkyl halides is 6. The van der Waals surface area contributed by atoms with E-state index in [-0.39, 0.29) is 6.07 Å². The monoisotopic (exact) mass is 284 g/mol. The van der Waals surface area contributed by atoms with Gasteiger partial charge in [-0.15, -0.1) is 0 Å². The molecule has 2 aromatic rings. The van der Waals surface area contributed by atoms with E-state index in [0.29, 0.717) is 12.1 Å². The average Bonchev–Trinajstić information content (AvgIpc) is 2.24. The lowest BCUT2D eigenvalue weighted by molar-refractivity contribution is -0.144. The molecule has 19 heavy (non-hydrogen) atoms. The number of hydrogen-bond acceptors (Lipinski definition) is 2. The molecule has 0 saturated heterocycles. The first-order valence-electron chi connectivity index (χ1n) is 4.71. The highest BCUT2D eigenvalue weighted by atomic mass is 19.4. The fourth-order valence-electron chi connectivity index (χ4n) is 1.46. The van der Waals surface area contributed by atoms with Crippen LogP contribution >= 0.6 is 0 Å². The van der Waals surface area contributed by atoms with E-state index in [9.17, 15) is 30.7 Å². The Morgan fingerprint density at radius 3 is 2.00 bits per heavy atom. The van der Waals surface area contributed by atoms with E-state index in [0.717, 1.165) is 0 Å². The minimum absolute atomic E-state index is 0.123. The highest BCUT2D eigenvalue weighted by Gasteiger charge is 2.39. The lowest BCUT2D eigenvalue weighted by atomic mass is 10.1. The van der Waals surface area contributed by atoms with Crippen LogP contribution < -0.4 is 0 Å². The maximum absolute atomic E-state index is 12.8. The lowest BCUT2D eigenvalue weighted by Gasteiger charge is -2.13. The molecule has 0 aliphatic heterocycles. The molecule has 0 N–H and O–H groups in total. The van der Waals surface area contributed by atoms with Gasteiger partial charge in [0.15, 0.2) is 5.65 Å². The van der Waals surface area contributed by atoms with Crippen molar-refractivity contribution in [2.45, 2.75) is 12.4 Å². The quantitative estimate of drug-likeness (QED) is 0.543. The number of halogens is 7. The van der Waals surface area contributed by atoms with Crippen molar-refractivity contribution in [2.24, 2.45) is 0 Å². The first kappa shape index (κ1) is 13.5. The zero-order chi connectivity index (χ0) is 14.4. The van der Waals surface area contributed by atoms with Crippen LogP contribution in [0.25, 0.3) is 11.0 Å². The maximum Gasteiger partial charge on any atom is 0.433 e. The molecule has 0 aliphatic rings. The molecule has 2 aromatic heterocycles. The Labute approximate surface area is 100 Å². The van der Waals surface area contributed by atoms with E-state index in [1.54, 1.807) is 0 Å². The molecule has 0 unspecified atom stereocenters. The SMILES string of the molecule is Fc1ccc2c(C(F)(F)F)cc(C(F)(F)F)nc2n1. The topological polar surface area (TPSA) is 25.8 Å². The molecule has 0 saturated carbocycles. The summed E-state index contributed by atoms with van der Waals surface area (Å²) in [6, 6.07) is 1.18. The van der Waals surface area contributed by atoms with Crippen molar-refractivity contribution in [1.29, 1.82) is 0 Å². The van der Waals surface area contributed by atoms with Gasteiger partial charge in [0.2, 0.25) is 5.95 Å². The van der Waals surface area contributed by atoms with Gasteiger partial charge in [-0.05, 0) is 18.2 Å². The molecule has 102 valence electrons. The molecular formula is C10H3F7N2. The third-order valence-corrected chi connectivity index (χ3v) is 2.23. The zero-order valence-corrected chi connectivity index (χ0v) is 8.77. The average molecular weight is 284 g/mol. The van der Waals surface area contributed by atoms with E-state index in [2.05, 4.69) is 9.97 Å². The third kappa shape index (κ3) is 2.59.